The second kappa shape index (κ2) is 7.77. The van der Waals surface area contributed by atoms with E-state index in [-0.39, 0.29) is 23.9 Å². The van der Waals surface area contributed by atoms with Crippen LogP contribution in [0.15, 0.2) is 78.9 Å². The fourth-order valence-corrected chi connectivity index (χ4v) is 4.15. The molecule has 3 aromatic carbocycles. The second-order valence-corrected chi connectivity index (χ2v) is 7.88. The van der Waals surface area contributed by atoms with Gasteiger partial charge in [-0.15, -0.1) is 0 Å². The third kappa shape index (κ3) is 3.43. The zero-order chi connectivity index (χ0) is 22.2. The van der Waals surface area contributed by atoms with Crippen LogP contribution in [0.25, 0.3) is 16.9 Å². The smallest absolute Gasteiger partial charge is 0.269 e. The number of hydrogen-bond donors (Lipinski definition) is 1. The molecule has 0 saturated heterocycles. The third-order valence-electron chi connectivity index (χ3n) is 5.75. The van der Waals surface area contributed by atoms with Crippen LogP contribution >= 0.6 is 0 Å². The zero-order valence-corrected chi connectivity index (χ0v) is 17.4. The molecule has 1 aliphatic rings. The topological polar surface area (TPSA) is 90.1 Å². The van der Waals surface area contributed by atoms with Gasteiger partial charge in [-0.2, -0.15) is 5.10 Å². The summed E-state index contributed by atoms with van der Waals surface area (Å²) in [7, 11) is 0. The highest BCUT2D eigenvalue weighted by Crippen LogP contribution is 2.44. The van der Waals surface area contributed by atoms with Gasteiger partial charge in [-0.25, -0.2) is 4.68 Å². The number of nitro groups is 1. The highest BCUT2D eigenvalue weighted by molar-refractivity contribution is 5.96. The van der Waals surface area contributed by atoms with Crippen LogP contribution in [0.5, 0.6) is 0 Å². The van der Waals surface area contributed by atoms with E-state index in [0.717, 1.165) is 33.6 Å². The minimum Gasteiger partial charge on any atom is -0.310 e. The molecule has 7 nitrogen and oxygen atoms in total. The van der Waals surface area contributed by atoms with Crippen molar-refractivity contribution >= 4 is 17.4 Å². The predicted octanol–water partition coefficient (Wildman–Crippen LogP) is 5.23. The molecule has 1 amide bonds. The molecule has 0 radical (unpaired) electrons. The number of anilines is 1. The van der Waals surface area contributed by atoms with E-state index in [1.807, 2.05) is 61.5 Å². The first-order chi connectivity index (χ1) is 15.5. The Morgan fingerprint density at radius 1 is 1.00 bits per heavy atom. The van der Waals surface area contributed by atoms with Crippen LogP contribution in [0.2, 0.25) is 0 Å². The number of aryl methyl sites for hydroxylation is 1. The van der Waals surface area contributed by atoms with Crippen molar-refractivity contribution in [3.8, 4) is 16.9 Å². The Morgan fingerprint density at radius 3 is 2.34 bits per heavy atom. The first-order valence-corrected chi connectivity index (χ1v) is 10.3. The van der Waals surface area contributed by atoms with E-state index >= 15 is 0 Å². The lowest BCUT2D eigenvalue weighted by Crippen LogP contribution is -2.24. The maximum atomic E-state index is 12.7. The highest BCUT2D eigenvalue weighted by atomic mass is 16.6. The number of hydrogen-bond acceptors (Lipinski definition) is 4. The lowest BCUT2D eigenvalue weighted by atomic mass is 9.84. The van der Waals surface area contributed by atoms with Crippen molar-refractivity contribution in [3.63, 3.8) is 0 Å². The Bertz CT molecular complexity index is 1310. The van der Waals surface area contributed by atoms with Crippen molar-refractivity contribution in [1.29, 1.82) is 0 Å². The summed E-state index contributed by atoms with van der Waals surface area (Å²) < 4.78 is 1.77. The van der Waals surface area contributed by atoms with Crippen molar-refractivity contribution in [2.75, 3.05) is 5.32 Å². The van der Waals surface area contributed by atoms with Gasteiger partial charge in [0.1, 0.15) is 5.82 Å². The average Bonchev–Trinajstić information content (AvgIpc) is 3.19. The van der Waals surface area contributed by atoms with Crippen LogP contribution in [-0.4, -0.2) is 20.6 Å². The Hall–Kier alpha value is -4.26. The van der Waals surface area contributed by atoms with E-state index < -0.39 is 4.92 Å². The zero-order valence-electron chi connectivity index (χ0n) is 17.4. The number of benzene rings is 3. The Labute approximate surface area is 184 Å². The van der Waals surface area contributed by atoms with Crippen molar-refractivity contribution in [1.82, 2.24) is 9.78 Å². The molecule has 0 saturated carbocycles. The van der Waals surface area contributed by atoms with Crippen LogP contribution in [0, 0.1) is 17.0 Å². The Balaban J connectivity index is 1.72. The van der Waals surface area contributed by atoms with Crippen molar-refractivity contribution in [2.45, 2.75) is 19.3 Å². The maximum absolute atomic E-state index is 12.7. The van der Waals surface area contributed by atoms with Gasteiger partial charge in [0.05, 0.1) is 16.3 Å². The number of carbonyl (C=O) groups is 1. The first kappa shape index (κ1) is 19.7. The Morgan fingerprint density at radius 2 is 1.69 bits per heavy atom. The summed E-state index contributed by atoms with van der Waals surface area (Å²) in [5.41, 5.74) is 5.47. The normalized spacial score (nSPS) is 15.2. The highest BCUT2D eigenvalue weighted by Gasteiger charge is 2.34. The molecule has 1 N–H and O–H groups in total. The predicted molar refractivity (Wildman–Crippen MR) is 122 cm³/mol. The van der Waals surface area contributed by atoms with Crippen LogP contribution in [0.3, 0.4) is 0 Å². The average molecular weight is 424 g/mol. The molecule has 1 aliphatic heterocycles. The third-order valence-corrected chi connectivity index (χ3v) is 5.75. The molecule has 158 valence electrons. The van der Waals surface area contributed by atoms with Gasteiger partial charge in [-0.05, 0) is 24.6 Å². The van der Waals surface area contributed by atoms with E-state index in [0.29, 0.717) is 5.82 Å². The Kier molecular flexibility index (Phi) is 4.78. The van der Waals surface area contributed by atoms with E-state index in [2.05, 4.69) is 5.32 Å². The molecule has 1 unspecified atom stereocenters. The van der Waals surface area contributed by atoms with Gasteiger partial charge in [-0.3, -0.25) is 14.9 Å². The number of carbonyl (C=O) groups excluding carboxylic acids is 1. The number of nitrogens with zero attached hydrogens (tertiary/aromatic N) is 3. The molecule has 0 bridgehead atoms. The summed E-state index contributed by atoms with van der Waals surface area (Å²) in [6, 6.07) is 24.2. The van der Waals surface area contributed by atoms with Gasteiger partial charge < -0.3 is 5.32 Å². The van der Waals surface area contributed by atoms with Gasteiger partial charge in [0, 0.05) is 35.6 Å². The molecule has 32 heavy (non-hydrogen) atoms. The fraction of sp³-hybridized carbons (Fsp3) is 0.120. The van der Waals surface area contributed by atoms with Crippen LogP contribution in [-0.2, 0) is 4.79 Å². The lowest BCUT2D eigenvalue weighted by Gasteiger charge is -2.24. The SMILES string of the molecule is Cc1ccc(-n2nc(-c3ccccc3)c3c2NC(=O)CC3c2ccc([N+](=O)[O-])cc2)cc1. The van der Waals surface area contributed by atoms with E-state index in [1.165, 1.54) is 12.1 Å². The van der Waals surface area contributed by atoms with Crippen LogP contribution in [0.4, 0.5) is 11.5 Å². The van der Waals surface area contributed by atoms with E-state index in [9.17, 15) is 14.9 Å². The minimum atomic E-state index is -0.423. The van der Waals surface area contributed by atoms with Crippen molar-refractivity contribution in [2.24, 2.45) is 0 Å². The van der Waals surface area contributed by atoms with Gasteiger partial charge in [-0.1, -0.05) is 60.2 Å². The fourth-order valence-electron chi connectivity index (χ4n) is 4.15. The van der Waals surface area contributed by atoms with E-state index in [4.69, 9.17) is 5.10 Å². The van der Waals surface area contributed by atoms with Gasteiger partial charge in [0.15, 0.2) is 0 Å². The van der Waals surface area contributed by atoms with Crippen LogP contribution in [0.1, 0.15) is 29.0 Å². The van der Waals surface area contributed by atoms with Gasteiger partial charge in [0.2, 0.25) is 5.91 Å². The summed E-state index contributed by atoms with van der Waals surface area (Å²) in [6.45, 7) is 2.02. The summed E-state index contributed by atoms with van der Waals surface area (Å²) in [4.78, 5) is 23.4. The number of fused-ring (bicyclic) bond motifs is 1. The largest absolute Gasteiger partial charge is 0.310 e. The molecule has 2 heterocycles. The summed E-state index contributed by atoms with van der Waals surface area (Å²) in [5, 5.41) is 19.0. The van der Waals surface area contributed by atoms with Gasteiger partial charge in [0.25, 0.3) is 5.69 Å². The molecule has 7 heteroatoms. The minimum absolute atomic E-state index is 0.0212. The molecule has 4 aromatic rings. The number of rotatable bonds is 4. The molecular weight excluding hydrogens is 404 g/mol. The molecule has 0 fully saturated rings. The quantitative estimate of drug-likeness (QED) is 0.359. The molecular formula is C25H20N4O3. The molecule has 5 rings (SSSR count). The number of nitrogens with one attached hydrogen (secondary N) is 1. The maximum Gasteiger partial charge on any atom is 0.269 e. The second-order valence-electron chi connectivity index (χ2n) is 7.88. The first-order valence-electron chi connectivity index (χ1n) is 10.3. The summed E-state index contributed by atoms with van der Waals surface area (Å²) in [5.74, 6) is 0.245. The van der Waals surface area contributed by atoms with Crippen molar-refractivity contribution in [3.05, 3.63) is 106 Å². The number of non-ortho nitro benzene ring substituents is 1. The van der Waals surface area contributed by atoms with E-state index in [1.54, 1.807) is 16.8 Å². The monoisotopic (exact) mass is 424 g/mol. The lowest BCUT2D eigenvalue weighted by molar-refractivity contribution is -0.384. The molecule has 1 atom stereocenters. The number of nitro benzene ring substituents is 1. The molecule has 0 spiro atoms. The van der Waals surface area contributed by atoms with Crippen LogP contribution < -0.4 is 5.32 Å². The number of aromatic nitrogens is 2. The van der Waals surface area contributed by atoms with Crippen molar-refractivity contribution < 1.29 is 9.72 Å². The summed E-state index contributed by atoms with van der Waals surface area (Å²) in [6.07, 6.45) is 0.240. The van der Waals surface area contributed by atoms with Gasteiger partial charge >= 0.3 is 0 Å². The molecule has 0 aliphatic carbocycles. The molecule has 1 aromatic heterocycles. The number of amides is 1. The standard InChI is InChI=1S/C25H20N4O3/c1-16-7-11-19(12-8-16)28-25-23(24(27-28)18-5-3-2-4-6-18)21(15-22(30)26-25)17-9-13-20(14-10-17)29(31)32/h2-14,21H,15H2,1H3,(H,26,30). The summed E-state index contributed by atoms with van der Waals surface area (Å²) >= 11 is 0.